The highest BCUT2D eigenvalue weighted by Crippen LogP contribution is 2.25. The number of hydrogen-bond acceptors (Lipinski definition) is 5. The van der Waals surface area contributed by atoms with Crippen molar-refractivity contribution in [3.63, 3.8) is 0 Å². The molecule has 1 aromatic rings. The molecule has 2 rings (SSSR count). The molecule has 0 saturated heterocycles. The lowest BCUT2D eigenvalue weighted by Gasteiger charge is -2.27. The molecule has 0 amide bonds. The maximum Gasteiger partial charge on any atom is 0.308 e. The Hall–Kier alpha value is -0.940. The van der Waals surface area contributed by atoms with E-state index in [0.29, 0.717) is 12.6 Å². The van der Waals surface area contributed by atoms with Gasteiger partial charge < -0.3 is 10.1 Å². The van der Waals surface area contributed by atoms with E-state index in [0.717, 1.165) is 37.2 Å². The van der Waals surface area contributed by atoms with Gasteiger partial charge in [0.2, 0.25) is 0 Å². The van der Waals surface area contributed by atoms with E-state index >= 15 is 0 Å². The zero-order valence-corrected chi connectivity index (χ0v) is 11.5. The predicted octanol–water partition coefficient (Wildman–Crippen LogP) is 2.35. The van der Waals surface area contributed by atoms with Crippen LogP contribution in [0.4, 0.5) is 0 Å². The van der Waals surface area contributed by atoms with Gasteiger partial charge in [-0.25, -0.2) is 4.98 Å². The lowest BCUT2D eigenvalue weighted by Crippen LogP contribution is -2.35. The summed E-state index contributed by atoms with van der Waals surface area (Å²) in [6.07, 6.45) is 5.81. The molecule has 18 heavy (non-hydrogen) atoms. The molecule has 1 fully saturated rings. The molecule has 1 aliphatic rings. The Morgan fingerprint density at radius 3 is 2.89 bits per heavy atom. The Kier molecular flexibility index (Phi) is 5.13. The first-order valence-electron chi connectivity index (χ1n) is 6.58. The van der Waals surface area contributed by atoms with E-state index in [4.69, 9.17) is 4.74 Å². The average Bonchev–Trinajstić information content (AvgIpc) is 2.90. The van der Waals surface area contributed by atoms with Crippen molar-refractivity contribution in [1.82, 2.24) is 10.3 Å². The zero-order chi connectivity index (χ0) is 12.8. The number of nitrogens with zero attached hydrogens (tertiary/aromatic N) is 1. The van der Waals surface area contributed by atoms with Crippen molar-refractivity contribution in [3.8, 4) is 0 Å². The summed E-state index contributed by atoms with van der Waals surface area (Å²) in [5.41, 5.74) is 0. The van der Waals surface area contributed by atoms with Gasteiger partial charge in [-0.2, -0.15) is 0 Å². The number of aromatic nitrogens is 1. The molecule has 0 aliphatic heterocycles. The summed E-state index contributed by atoms with van der Waals surface area (Å²) in [6.45, 7) is 3.19. The summed E-state index contributed by atoms with van der Waals surface area (Å²) < 4.78 is 5.07. The monoisotopic (exact) mass is 268 g/mol. The van der Waals surface area contributed by atoms with Gasteiger partial charge in [0.25, 0.3) is 0 Å². The molecule has 0 spiro atoms. The number of nitrogens with one attached hydrogen (secondary N) is 1. The number of rotatable bonds is 5. The van der Waals surface area contributed by atoms with Crippen LogP contribution in [-0.2, 0) is 16.1 Å². The van der Waals surface area contributed by atoms with E-state index in [2.05, 4.69) is 10.3 Å². The van der Waals surface area contributed by atoms with Crippen molar-refractivity contribution in [1.29, 1.82) is 0 Å². The van der Waals surface area contributed by atoms with E-state index in [9.17, 15) is 4.79 Å². The Balaban J connectivity index is 1.68. The molecule has 0 atom stereocenters. The van der Waals surface area contributed by atoms with E-state index in [1.165, 1.54) is 0 Å². The molecule has 1 aromatic heterocycles. The van der Waals surface area contributed by atoms with Gasteiger partial charge in [0.15, 0.2) is 0 Å². The number of esters is 1. The topological polar surface area (TPSA) is 51.2 Å². The average molecular weight is 268 g/mol. The van der Waals surface area contributed by atoms with Gasteiger partial charge in [0.05, 0.1) is 12.5 Å². The van der Waals surface area contributed by atoms with Gasteiger partial charge >= 0.3 is 5.97 Å². The minimum atomic E-state index is -0.0177. The Labute approximate surface area is 112 Å². The molecule has 0 bridgehead atoms. The molecule has 5 heteroatoms. The fraction of sp³-hybridized carbons (Fsp3) is 0.692. The van der Waals surface area contributed by atoms with Gasteiger partial charge in [-0.05, 0) is 32.6 Å². The van der Waals surface area contributed by atoms with Crippen LogP contribution in [0, 0.1) is 5.92 Å². The molecule has 0 unspecified atom stereocenters. The van der Waals surface area contributed by atoms with Gasteiger partial charge in [0, 0.05) is 24.2 Å². The predicted molar refractivity (Wildman–Crippen MR) is 71.3 cm³/mol. The smallest absolute Gasteiger partial charge is 0.308 e. The number of hydrogen-bond donors (Lipinski definition) is 1. The molecule has 0 aromatic carbocycles. The van der Waals surface area contributed by atoms with E-state index in [1.807, 2.05) is 18.5 Å². The normalized spacial score (nSPS) is 23.8. The number of thiazole rings is 1. The molecule has 100 valence electrons. The van der Waals surface area contributed by atoms with E-state index in [-0.39, 0.29) is 11.9 Å². The van der Waals surface area contributed by atoms with Crippen LogP contribution in [-0.4, -0.2) is 23.6 Å². The van der Waals surface area contributed by atoms with Gasteiger partial charge in [0.1, 0.15) is 5.01 Å². The van der Waals surface area contributed by atoms with Crippen molar-refractivity contribution < 1.29 is 9.53 Å². The minimum absolute atomic E-state index is 0.0177. The highest BCUT2D eigenvalue weighted by atomic mass is 32.1. The molecule has 1 aliphatic carbocycles. The maximum absolute atomic E-state index is 11.6. The van der Waals surface area contributed by atoms with Crippen LogP contribution < -0.4 is 5.32 Å². The number of carbonyl (C=O) groups is 1. The fourth-order valence-corrected chi connectivity index (χ4v) is 2.93. The standard InChI is InChI=1S/C13H20N2O2S/c1-2-17-13(16)10-3-5-11(6-4-10)15-9-12-14-7-8-18-12/h7-8,10-11,15H,2-6,9H2,1H3. The molecular weight excluding hydrogens is 248 g/mol. The first kappa shape index (κ1) is 13.5. The highest BCUT2D eigenvalue weighted by molar-refractivity contribution is 7.09. The third kappa shape index (κ3) is 3.78. The highest BCUT2D eigenvalue weighted by Gasteiger charge is 2.26. The molecule has 1 saturated carbocycles. The lowest BCUT2D eigenvalue weighted by atomic mass is 9.86. The van der Waals surface area contributed by atoms with Crippen LogP contribution in [0.15, 0.2) is 11.6 Å². The van der Waals surface area contributed by atoms with Crippen molar-refractivity contribution in [2.24, 2.45) is 5.92 Å². The van der Waals surface area contributed by atoms with Gasteiger partial charge in [-0.1, -0.05) is 0 Å². The van der Waals surface area contributed by atoms with E-state index < -0.39 is 0 Å². The Morgan fingerprint density at radius 1 is 1.50 bits per heavy atom. The molecule has 4 nitrogen and oxygen atoms in total. The second kappa shape index (κ2) is 6.85. The first-order valence-corrected chi connectivity index (χ1v) is 7.46. The lowest BCUT2D eigenvalue weighted by molar-refractivity contribution is -0.149. The Bertz CT molecular complexity index is 359. The minimum Gasteiger partial charge on any atom is -0.466 e. The van der Waals surface area contributed by atoms with E-state index in [1.54, 1.807) is 11.3 Å². The quantitative estimate of drug-likeness (QED) is 0.833. The first-order chi connectivity index (χ1) is 8.79. The van der Waals surface area contributed by atoms with Gasteiger partial charge in [-0.15, -0.1) is 11.3 Å². The fourth-order valence-electron chi connectivity index (χ4n) is 2.37. The third-order valence-corrected chi connectivity index (χ3v) is 4.15. The van der Waals surface area contributed by atoms with Crippen molar-refractivity contribution in [2.45, 2.75) is 45.2 Å². The van der Waals surface area contributed by atoms with Crippen LogP contribution in [0.3, 0.4) is 0 Å². The number of ether oxygens (including phenoxy) is 1. The largest absolute Gasteiger partial charge is 0.466 e. The number of carbonyl (C=O) groups excluding carboxylic acids is 1. The maximum atomic E-state index is 11.6. The SMILES string of the molecule is CCOC(=O)C1CCC(NCc2nccs2)CC1. The second-order valence-corrected chi connectivity index (χ2v) is 5.59. The van der Waals surface area contributed by atoms with Crippen molar-refractivity contribution in [3.05, 3.63) is 16.6 Å². The van der Waals surface area contributed by atoms with Crippen LogP contribution >= 0.6 is 11.3 Å². The second-order valence-electron chi connectivity index (χ2n) is 4.61. The van der Waals surface area contributed by atoms with Crippen molar-refractivity contribution in [2.75, 3.05) is 6.61 Å². The summed E-state index contributed by atoms with van der Waals surface area (Å²) in [5.74, 6) is 0.0961. The molecule has 1 N–H and O–H groups in total. The molecular formula is C13H20N2O2S. The molecule has 1 heterocycles. The summed E-state index contributed by atoms with van der Waals surface area (Å²) in [4.78, 5) is 15.8. The molecule has 0 radical (unpaired) electrons. The third-order valence-electron chi connectivity index (χ3n) is 3.37. The summed E-state index contributed by atoms with van der Waals surface area (Å²) in [7, 11) is 0. The van der Waals surface area contributed by atoms with Crippen LogP contribution in [0.2, 0.25) is 0 Å². The zero-order valence-electron chi connectivity index (χ0n) is 10.7. The summed E-state index contributed by atoms with van der Waals surface area (Å²) >= 11 is 1.68. The van der Waals surface area contributed by atoms with Crippen LogP contribution in [0.25, 0.3) is 0 Å². The van der Waals surface area contributed by atoms with Crippen molar-refractivity contribution >= 4 is 17.3 Å². The summed E-state index contributed by atoms with van der Waals surface area (Å²) in [5, 5.41) is 6.63. The summed E-state index contributed by atoms with van der Waals surface area (Å²) in [6, 6.07) is 0.513. The van der Waals surface area contributed by atoms with Crippen LogP contribution in [0.5, 0.6) is 0 Å². The van der Waals surface area contributed by atoms with Crippen LogP contribution in [0.1, 0.15) is 37.6 Å². The van der Waals surface area contributed by atoms with Gasteiger partial charge in [-0.3, -0.25) is 4.79 Å². The Morgan fingerprint density at radius 2 is 2.28 bits per heavy atom.